The molecule has 2 N–H and O–H groups in total. The molecule has 12 heteroatoms. The SMILES string of the molecule is Cn1nccc1-c1nnc(N2CCC(NC(=O)Nc3ccc(F)cc3C(F)(F)F)CC2)c2ccccc12. The molecule has 1 fully saturated rings. The van der Waals surface area contributed by atoms with E-state index >= 15 is 0 Å². The number of piperidine rings is 1. The summed E-state index contributed by atoms with van der Waals surface area (Å²) in [6.07, 6.45) is -1.98. The minimum Gasteiger partial charge on any atom is -0.354 e. The largest absolute Gasteiger partial charge is 0.418 e. The third-order valence-electron chi connectivity index (χ3n) is 6.40. The number of nitrogens with zero attached hydrogens (tertiary/aromatic N) is 5. The number of aryl methyl sites for hydroxylation is 1. The summed E-state index contributed by atoms with van der Waals surface area (Å²) >= 11 is 0. The first-order chi connectivity index (χ1) is 17.7. The number of aromatic nitrogens is 4. The number of carbonyl (C=O) groups excluding carboxylic acids is 1. The Bertz CT molecular complexity index is 1440. The molecule has 0 aliphatic carbocycles. The van der Waals surface area contributed by atoms with E-state index in [-0.39, 0.29) is 6.04 Å². The second-order valence-corrected chi connectivity index (χ2v) is 8.81. The van der Waals surface area contributed by atoms with Crippen molar-refractivity contribution < 1.29 is 22.4 Å². The van der Waals surface area contributed by atoms with Crippen LogP contribution < -0.4 is 15.5 Å². The lowest BCUT2D eigenvalue weighted by Gasteiger charge is -2.33. The van der Waals surface area contributed by atoms with E-state index in [1.54, 1.807) is 10.9 Å². The fraction of sp³-hybridized carbons (Fsp3) is 0.280. The average Bonchev–Trinajstić information content (AvgIpc) is 3.30. The number of amides is 2. The Morgan fingerprint density at radius 2 is 1.76 bits per heavy atom. The molecule has 0 saturated carbocycles. The predicted octanol–water partition coefficient (Wildman–Crippen LogP) is 4.98. The summed E-state index contributed by atoms with van der Waals surface area (Å²) in [6.45, 7) is 1.14. The van der Waals surface area contributed by atoms with Crippen LogP contribution in [0.5, 0.6) is 0 Å². The number of anilines is 2. The van der Waals surface area contributed by atoms with E-state index in [4.69, 9.17) is 0 Å². The van der Waals surface area contributed by atoms with Crippen LogP contribution in [0.25, 0.3) is 22.2 Å². The first-order valence-electron chi connectivity index (χ1n) is 11.6. The van der Waals surface area contributed by atoms with E-state index in [2.05, 4.69) is 30.8 Å². The lowest BCUT2D eigenvalue weighted by Crippen LogP contribution is -2.46. The van der Waals surface area contributed by atoms with E-state index < -0.39 is 29.3 Å². The van der Waals surface area contributed by atoms with Gasteiger partial charge in [-0.05, 0) is 37.1 Å². The van der Waals surface area contributed by atoms with Crippen LogP contribution in [-0.2, 0) is 13.2 Å². The molecular formula is C25H23F4N7O. The molecule has 8 nitrogen and oxygen atoms in total. The highest BCUT2D eigenvalue weighted by Crippen LogP contribution is 2.35. The van der Waals surface area contributed by atoms with Gasteiger partial charge in [0.05, 0.1) is 16.9 Å². The van der Waals surface area contributed by atoms with Gasteiger partial charge < -0.3 is 15.5 Å². The molecule has 3 heterocycles. The van der Waals surface area contributed by atoms with Gasteiger partial charge in [0.1, 0.15) is 11.5 Å². The monoisotopic (exact) mass is 513 g/mol. The van der Waals surface area contributed by atoms with Crippen molar-refractivity contribution in [2.45, 2.75) is 25.1 Å². The molecule has 0 unspecified atom stereocenters. The molecule has 1 saturated heterocycles. The minimum absolute atomic E-state index is 0.251. The Hall–Kier alpha value is -4.22. The zero-order chi connectivity index (χ0) is 26.2. The predicted molar refractivity (Wildman–Crippen MR) is 131 cm³/mol. The topological polar surface area (TPSA) is 88.0 Å². The molecule has 37 heavy (non-hydrogen) atoms. The first-order valence-corrected chi connectivity index (χ1v) is 11.6. The fourth-order valence-electron chi connectivity index (χ4n) is 4.56. The Labute approximate surface area is 209 Å². The standard InChI is InChI=1S/C25H23F4N7O/c1-35-21(8-11-30-35)22-17-4-2-3-5-18(17)23(34-33-22)36-12-9-16(10-13-36)31-24(37)32-20-7-6-15(26)14-19(20)25(27,28)29/h2-8,11,14,16H,9-10,12-13H2,1H3,(H2,31,32,37). The van der Waals surface area contributed by atoms with Gasteiger partial charge in [-0.25, -0.2) is 9.18 Å². The maximum Gasteiger partial charge on any atom is 0.418 e. The third kappa shape index (κ3) is 5.04. The zero-order valence-corrected chi connectivity index (χ0v) is 19.8. The number of alkyl halides is 3. The molecule has 0 bridgehead atoms. The summed E-state index contributed by atoms with van der Waals surface area (Å²) in [7, 11) is 1.84. The summed E-state index contributed by atoms with van der Waals surface area (Å²) in [5.74, 6) is -0.305. The van der Waals surface area contributed by atoms with Crippen LogP contribution in [0.15, 0.2) is 54.7 Å². The number of hydrogen-bond donors (Lipinski definition) is 2. The van der Waals surface area contributed by atoms with Gasteiger partial charge in [-0.3, -0.25) is 4.68 Å². The second-order valence-electron chi connectivity index (χ2n) is 8.81. The molecule has 1 aliphatic rings. The Balaban J connectivity index is 1.27. The van der Waals surface area contributed by atoms with Gasteiger partial charge in [-0.2, -0.15) is 18.3 Å². The molecule has 5 rings (SSSR count). The highest BCUT2D eigenvalue weighted by Gasteiger charge is 2.34. The van der Waals surface area contributed by atoms with E-state index in [0.29, 0.717) is 32.0 Å². The van der Waals surface area contributed by atoms with Crippen molar-refractivity contribution in [2.75, 3.05) is 23.3 Å². The average molecular weight is 513 g/mol. The Kier molecular flexibility index (Phi) is 6.40. The van der Waals surface area contributed by atoms with E-state index in [9.17, 15) is 22.4 Å². The van der Waals surface area contributed by atoms with Crippen LogP contribution in [0.2, 0.25) is 0 Å². The highest BCUT2D eigenvalue weighted by atomic mass is 19.4. The third-order valence-corrected chi connectivity index (χ3v) is 6.40. The number of fused-ring (bicyclic) bond motifs is 1. The summed E-state index contributed by atoms with van der Waals surface area (Å²) < 4.78 is 54.7. The van der Waals surface area contributed by atoms with Crippen LogP contribution in [0.1, 0.15) is 18.4 Å². The smallest absolute Gasteiger partial charge is 0.354 e. The highest BCUT2D eigenvalue weighted by molar-refractivity contribution is 5.99. The lowest BCUT2D eigenvalue weighted by molar-refractivity contribution is -0.137. The van der Waals surface area contributed by atoms with Gasteiger partial charge in [0.2, 0.25) is 0 Å². The molecule has 1 aliphatic heterocycles. The normalized spacial score (nSPS) is 14.7. The summed E-state index contributed by atoms with van der Waals surface area (Å²) in [5.41, 5.74) is -0.165. The molecule has 0 radical (unpaired) electrons. The summed E-state index contributed by atoms with van der Waals surface area (Å²) in [6, 6.07) is 10.8. The van der Waals surface area contributed by atoms with Gasteiger partial charge in [0.15, 0.2) is 5.82 Å². The molecule has 4 aromatic rings. The number of rotatable bonds is 4. The van der Waals surface area contributed by atoms with Crippen LogP contribution in [0.4, 0.5) is 33.9 Å². The molecular weight excluding hydrogens is 490 g/mol. The number of halogens is 4. The summed E-state index contributed by atoms with van der Waals surface area (Å²) in [4.78, 5) is 14.5. The molecule has 0 atom stereocenters. The van der Waals surface area contributed by atoms with Crippen molar-refractivity contribution in [3.05, 3.63) is 66.1 Å². The number of carbonyl (C=O) groups is 1. The van der Waals surface area contributed by atoms with E-state index in [1.807, 2.05) is 37.4 Å². The van der Waals surface area contributed by atoms with Crippen molar-refractivity contribution in [1.82, 2.24) is 25.3 Å². The first kappa shape index (κ1) is 24.5. The van der Waals surface area contributed by atoms with Gasteiger partial charge >= 0.3 is 12.2 Å². The van der Waals surface area contributed by atoms with Crippen molar-refractivity contribution >= 4 is 28.3 Å². The van der Waals surface area contributed by atoms with E-state index in [1.165, 1.54) is 0 Å². The van der Waals surface area contributed by atoms with Gasteiger partial charge in [-0.1, -0.05) is 24.3 Å². The van der Waals surface area contributed by atoms with Gasteiger partial charge in [-0.15, -0.1) is 10.2 Å². The van der Waals surface area contributed by atoms with E-state index in [0.717, 1.165) is 40.1 Å². The number of hydrogen-bond acceptors (Lipinski definition) is 5. The minimum atomic E-state index is -4.80. The van der Waals surface area contributed by atoms with Gasteiger partial charge in [0.25, 0.3) is 0 Å². The zero-order valence-electron chi connectivity index (χ0n) is 19.8. The molecule has 0 spiro atoms. The van der Waals surface area contributed by atoms with Crippen molar-refractivity contribution in [2.24, 2.45) is 7.05 Å². The van der Waals surface area contributed by atoms with Crippen molar-refractivity contribution in [3.8, 4) is 11.4 Å². The maximum atomic E-state index is 13.3. The number of urea groups is 1. The van der Waals surface area contributed by atoms with Crippen LogP contribution >= 0.6 is 0 Å². The quantitative estimate of drug-likeness (QED) is 0.376. The van der Waals surface area contributed by atoms with Crippen LogP contribution in [0, 0.1) is 5.82 Å². The maximum absolute atomic E-state index is 13.3. The molecule has 192 valence electrons. The fourth-order valence-corrected chi connectivity index (χ4v) is 4.56. The Morgan fingerprint density at radius 1 is 1.03 bits per heavy atom. The Morgan fingerprint density at radius 3 is 2.43 bits per heavy atom. The summed E-state index contributed by atoms with van der Waals surface area (Å²) in [5, 5.41) is 20.0. The van der Waals surface area contributed by atoms with Gasteiger partial charge in [0, 0.05) is 43.1 Å². The molecule has 2 amide bonds. The molecule has 2 aromatic heterocycles. The van der Waals surface area contributed by atoms with Crippen LogP contribution in [0.3, 0.4) is 0 Å². The van der Waals surface area contributed by atoms with Crippen molar-refractivity contribution in [1.29, 1.82) is 0 Å². The van der Waals surface area contributed by atoms with Crippen molar-refractivity contribution in [3.63, 3.8) is 0 Å². The second kappa shape index (κ2) is 9.68. The molecule has 2 aromatic carbocycles. The lowest BCUT2D eigenvalue weighted by atomic mass is 10.0. The number of benzene rings is 2. The van der Waals surface area contributed by atoms with Crippen LogP contribution in [-0.4, -0.2) is 45.1 Å². The number of nitrogens with one attached hydrogen (secondary N) is 2.